The highest BCUT2D eigenvalue weighted by Gasteiger charge is 2.35. The molecule has 15 heavy (non-hydrogen) atoms. The smallest absolute Gasteiger partial charge is 0.0599 e. The number of piperazine rings is 1. The molecule has 2 aliphatic heterocycles. The zero-order valence-corrected chi connectivity index (χ0v) is 10.0. The van der Waals surface area contributed by atoms with Crippen molar-refractivity contribution < 1.29 is 5.11 Å². The second-order valence-corrected chi connectivity index (χ2v) is 5.48. The van der Waals surface area contributed by atoms with Crippen molar-refractivity contribution in [2.24, 2.45) is 5.92 Å². The summed E-state index contributed by atoms with van der Waals surface area (Å²) in [7, 11) is 0. The first kappa shape index (κ1) is 11.4. The zero-order chi connectivity index (χ0) is 10.8. The van der Waals surface area contributed by atoms with Crippen molar-refractivity contribution in [3.63, 3.8) is 0 Å². The van der Waals surface area contributed by atoms with E-state index in [1.54, 1.807) is 0 Å². The molecular weight excluding hydrogens is 188 g/mol. The molecular formula is C12H24N2O. The topological polar surface area (TPSA) is 26.7 Å². The van der Waals surface area contributed by atoms with Crippen LogP contribution in [0.2, 0.25) is 0 Å². The van der Waals surface area contributed by atoms with Gasteiger partial charge >= 0.3 is 0 Å². The fourth-order valence-corrected chi connectivity index (χ4v) is 3.01. The van der Waals surface area contributed by atoms with Crippen molar-refractivity contribution in [2.75, 3.05) is 32.8 Å². The predicted molar refractivity (Wildman–Crippen MR) is 61.9 cm³/mol. The van der Waals surface area contributed by atoms with Crippen molar-refractivity contribution in [3.05, 3.63) is 0 Å². The molecule has 0 aromatic heterocycles. The SMILES string of the molecule is CC(C)CN1C[C@@H]2CCCN2C[C@@H]1CO. The van der Waals surface area contributed by atoms with Gasteiger partial charge in [0.15, 0.2) is 0 Å². The second-order valence-electron chi connectivity index (χ2n) is 5.48. The van der Waals surface area contributed by atoms with Crippen molar-refractivity contribution in [1.29, 1.82) is 0 Å². The van der Waals surface area contributed by atoms with Crippen molar-refractivity contribution in [1.82, 2.24) is 9.80 Å². The van der Waals surface area contributed by atoms with E-state index in [9.17, 15) is 5.11 Å². The summed E-state index contributed by atoms with van der Waals surface area (Å²) in [4.78, 5) is 5.06. The van der Waals surface area contributed by atoms with Gasteiger partial charge < -0.3 is 5.11 Å². The van der Waals surface area contributed by atoms with Gasteiger partial charge in [-0.1, -0.05) is 13.8 Å². The largest absolute Gasteiger partial charge is 0.395 e. The Morgan fingerprint density at radius 1 is 1.33 bits per heavy atom. The third-order valence-electron chi connectivity index (χ3n) is 3.72. The lowest BCUT2D eigenvalue weighted by atomic mass is 10.1. The number of aliphatic hydroxyl groups is 1. The molecule has 2 atom stereocenters. The van der Waals surface area contributed by atoms with Gasteiger partial charge in [-0.3, -0.25) is 9.80 Å². The van der Waals surface area contributed by atoms with Crippen molar-refractivity contribution in [2.45, 2.75) is 38.8 Å². The van der Waals surface area contributed by atoms with Crippen molar-refractivity contribution in [3.8, 4) is 0 Å². The Bertz CT molecular complexity index is 208. The molecule has 2 aliphatic rings. The van der Waals surface area contributed by atoms with E-state index in [-0.39, 0.29) is 0 Å². The summed E-state index contributed by atoms with van der Waals surface area (Å²) in [5.74, 6) is 0.701. The Morgan fingerprint density at radius 2 is 2.13 bits per heavy atom. The molecule has 0 radical (unpaired) electrons. The Morgan fingerprint density at radius 3 is 2.80 bits per heavy atom. The molecule has 0 aromatic carbocycles. The number of hydrogen-bond acceptors (Lipinski definition) is 3. The summed E-state index contributed by atoms with van der Waals surface area (Å²) < 4.78 is 0. The fraction of sp³-hybridized carbons (Fsp3) is 1.00. The number of hydrogen-bond donors (Lipinski definition) is 1. The molecule has 0 unspecified atom stereocenters. The van der Waals surface area contributed by atoms with Gasteiger partial charge in [0.05, 0.1) is 6.61 Å². The Hall–Kier alpha value is -0.120. The molecule has 1 N–H and O–H groups in total. The lowest BCUT2D eigenvalue weighted by Crippen LogP contribution is -2.57. The highest BCUT2D eigenvalue weighted by Crippen LogP contribution is 2.24. The van der Waals surface area contributed by atoms with E-state index in [2.05, 4.69) is 23.6 Å². The minimum atomic E-state index is 0.315. The number of rotatable bonds is 3. The van der Waals surface area contributed by atoms with Crippen LogP contribution in [0.15, 0.2) is 0 Å². The van der Waals surface area contributed by atoms with Crippen LogP contribution in [-0.2, 0) is 0 Å². The molecule has 0 bridgehead atoms. The van der Waals surface area contributed by atoms with Crippen LogP contribution in [0.25, 0.3) is 0 Å². The van der Waals surface area contributed by atoms with Crippen LogP contribution in [0.1, 0.15) is 26.7 Å². The normalized spacial score (nSPS) is 33.6. The molecule has 0 saturated carbocycles. The Labute approximate surface area is 93.1 Å². The molecule has 0 amide bonds. The van der Waals surface area contributed by atoms with Gasteiger partial charge in [0.1, 0.15) is 0 Å². The van der Waals surface area contributed by atoms with E-state index in [1.165, 1.54) is 25.9 Å². The zero-order valence-electron chi connectivity index (χ0n) is 10.0. The lowest BCUT2D eigenvalue weighted by Gasteiger charge is -2.43. The summed E-state index contributed by atoms with van der Waals surface area (Å²) in [6.45, 7) is 9.46. The van der Waals surface area contributed by atoms with Gasteiger partial charge in [-0.2, -0.15) is 0 Å². The standard InChI is InChI=1S/C12H24N2O/c1-10(2)6-14-7-11-4-3-5-13(11)8-12(14)9-15/h10-12,15H,3-9H2,1-2H3/t11-,12+/m0/s1. The lowest BCUT2D eigenvalue weighted by molar-refractivity contribution is 0.0156. The third-order valence-corrected chi connectivity index (χ3v) is 3.72. The fourth-order valence-electron chi connectivity index (χ4n) is 3.01. The number of nitrogens with zero attached hydrogens (tertiary/aromatic N) is 2. The molecule has 88 valence electrons. The molecule has 3 heteroatoms. The maximum atomic E-state index is 9.43. The first-order valence-corrected chi connectivity index (χ1v) is 6.29. The summed E-state index contributed by atoms with van der Waals surface area (Å²) in [6, 6.07) is 1.15. The third kappa shape index (κ3) is 2.52. The summed E-state index contributed by atoms with van der Waals surface area (Å²) >= 11 is 0. The highest BCUT2D eigenvalue weighted by atomic mass is 16.3. The van der Waals surface area contributed by atoms with Crippen LogP contribution in [0, 0.1) is 5.92 Å². The predicted octanol–water partition coefficient (Wildman–Crippen LogP) is 0.783. The molecule has 2 rings (SSSR count). The summed E-state index contributed by atoms with van der Waals surface area (Å²) in [5, 5.41) is 9.43. The minimum Gasteiger partial charge on any atom is -0.395 e. The van der Waals surface area contributed by atoms with Crippen molar-refractivity contribution >= 4 is 0 Å². The molecule has 0 aliphatic carbocycles. The Balaban J connectivity index is 1.96. The van der Waals surface area contributed by atoms with Crippen LogP contribution < -0.4 is 0 Å². The highest BCUT2D eigenvalue weighted by molar-refractivity contribution is 4.92. The van der Waals surface area contributed by atoms with Gasteiger partial charge in [-0.15, -0.1) is 0 Å². The van der Waals surface area contributed by atoms with Gasteiger partial charge in [0, 0.05) is 31.7 Å². The van der Waals surface area contributed by atoms with Crippen LogP contribution in [0.4, 0.5) is 0 Å². The minimum absolute atomic E-state index is 0.315. The average Bonchev–Trinajstić information content (AvgIpc) is 2.62. The molecule has 2 heterocycles. The van der Waals surface area contributed by atoms with Crippen LogP contribution in [0.5, 0.6) is 0 Å². The van der Waals surface area contributed by atoms with E-state index in [0.717, 1.165) is 19.1 Å². The quantitative estimate of drug-likeness (QED) is 0.749. The molecule has 0 spiro atoms. The van der Waals surface area contributed by atoms with Gasteiger partial charge in [0.2, 0.25) is 0 Å². The molecule has 3 nitrogen and oxygen atoms in total. The maximum Gasteiger partial charge on any atom is 0.0599 e. The van der Waals surface area contributed by atoms with Crippen LogP contribution >= 0.6 is 0 Å². The Kier molecular flexibility index (Phi) is 3.65. The molecule has 0 aromatic rings. The van der Waals surface area contributed by atoms with E-state index < -0.39 is 0 Å². The van der Waals surface area contributed by atoms with Gasteiger partial charge in [-0.25, -0.2) is 0 Å². The number of aliphatic hydroxyl groups excluding tert-OH is 1. The van der Waals surface area contributed by atoms with Gasteiger partial charge in [-0.05, 0) is 25.3 Å². The first-order chi connectivity index (χ1) is 7.20. The number of fused-ring (bicyclic) bond motifs is 1. The molecule has 2 fully saturated rings. The van der Waals surface area contributed by atoms with E-state index in [4.69, 9.17) is 0 Å². The maximum absolute atomic E-state index is 9.43. The summed E-state index contributed by atoms with van der Waals surface area (Å²) in [5.41, 5.74) is 0. The van der Waals surface area contributed by atoms with E-state index in [0.29, 0.717) is 18.6 Å². The monoisotopic (exact) mass is 212 g/mol. The second kappa shape index (κ2) is 4.81. The molecule has 2 saturated heterocycles. The van der Waals surface area contributed by atoms with Crippen LogP contribution in [0.3, 0.4) is 0 Å². The van der Waals surface area contributed by atoms with E-state index in [1.807, 2.05) is 0 Å². The first-order valence-electron chi connectivity index (χ1n) is 6.29. The van der Waals surface area contributed by atoms with Crippen LogP contribution in [-0.4, -0.2) is 59.8 Å². The summed E-state index contributed by atoms with van der Waals surface area (Å²) in [6.07, 6.45) is 2.70. The average molecular weight is 212 g/mol. The van der Waals surface area contributed by atoms with E-state index >= 15 is 0 Å². The van der Waals surface area contributed by atoms with Gasteiger partial charge in [0.25, 0.3) is 0 Å².